The number of rotatable bonds is 6. The molecule has 0 aliphatic heterocycles. The summed E-state index contributed by atoms with van der Waals surface area (Å²) in [6, 6.07) is 15.0. The highest BCUT2D eigenvalue weighted by Crippen LogP contribution is 2.17. The van der Waals surface area contributed by atoms with E-state index in [0.29, 0.717) is 12.1 Å². The molecular formula is C19H23NO3. The summed E-state index contributed by atoms with van der Waals surface area (Å²) in [5.74, 6) is 1.56. The minimum absolute atomic E-state index is 0.0167. The van der Waals surface area contributed by atoms with Gasteiger partial charge < -0.3 is 14.4 Å². The van der Waals surface area contributed by atoms with Crippen molar-refractivity contribution in [3.63, 3.8) is 0 Å². The molecule has 0 bridgehead atoms. The van der Waals surface area contributed by atoms with Crippen LogP contribution in [-0.4, -0.2) is 31.1 Å². The zero-order chi connectivity index (χ0) is 16.8. The summed E-state index contributed by atoms with van der Waals surface area (Å²) in [7, 11) is 3.43. The van der Waals surface area contributed by atoms with E-state index >= 15 is 0 Å². The maximum Gasteiger partial charge on any atom is 0.253 e. The van der Waals surface area contributed by atoms with Gasteiger partial charge in [0, 0.05) is 19.2 Å². The van der Waals surface area contributed by atoms with Crippen molar-refractivity contribution in [1.29, 1.82) is 0 Å². The lowest BCUT2D eigenvalue weighted by atomic mass is 10.1. The van der Waals surface area contributed by atoms with Crippen LogP contribution in [0.1, 0.15) is 29.8 Å². The van der Waals surface area contributed by atoms with Crippen molar-refractivity contribution < 1.29 is 14.3 Å². The van der Waals surface area contributed by atoms with E-state index in [9.17, 15) is 4.79 Å². The Hall–Kier alpha value is -2.49. The number of ether oxygens (including phenoxy) is 2. The van der Waals surface area contributed by atoms with Crippen molar-refractivity contribution in [1.82, 2.24) is 4.90 Å². The second-order valence-corrected chi connectivity index (χ2v) is 5.70. The number of nitrogens with zero attached hydrogens (tertiary/aromatic N) is 1. The summed E-state index contributed by atoms with van der Waals surface area (Å²) in [6.45, 7) is 4.50. The summed E-state index contributed by atoms with van der Waals surface area (Å²) < 4.78 is 10.7. The van der Waals surface area contributed by atoms with Crippen molar-refractivity contribution in [2.24, 2.45) is 0 Å². The van der Waals surface area contributed by atoms with Gasteiger partial charge in [0.15, 0.2) is 0 Å². The molecule has 0 fully saturated rings. The summed E-state index contributed by atoms with van der Waals surface area (Å²) >= 11 is 0. The average molecular weight is 313 g/mol. The molecule has 122 valence electrons. The van der Waals surface area contributed by atoms with Gasteiger partial charge in [-0.2, -0.15) is 0 Å². The number of carbonyl (C=O) groups is 1. The van der Waals surface area contributed by atoms with Crippen LogP contribution in [0, 0.1) is 0 Å². The first kappa shape index (κ1) is 16.9. The minimum Gasteiger partial charge on any atom is -0.497 e. The summed E-state index contributed by atoms with van der Waals surface area (Å²) in [6.07, 6.45) is 0.120. The van der Waals surface area contributed by atoms with Crippen molar-refractivity contribution in [3.8, 4) is 11.5 Å². The lowest BCUT2D eigenvalue weighted by molar-refractivity contribution is 0.0785. The van der Waals surface area contributed by atoms with Crippen LogP contribution in [0.4, 0.5) is 0 Å². The lowest BCUT2D eigenvalue weighted by Crippen LogP contribution is -2.26. The molecule has 2 aromatic rings. The largest absolute Gasteiger partial charge is 0.497 e. The molecule has 0 saturated heterocycles. The predicted molar refractivity (Wildman–Crippen MR) is 91.0 cm³/mol. The van der Waals surface area contributed by atoms with Gasteiger partial charge in [0.1, 0.15) is 11.5 Å². The zero-order valence-corrected chi connectivity index (χ0v) is 14.1. The van der Waals surface area contributed by atoms with Crippen LogP contribution in [0.15, 0.2) is 48.5 Å². The van der Waals surface area contributed by atoms with Crippen LogP contribution in [0.2, 0.25) is 0 Å². The van der Waals surface area contributed by atoms with Crippen molar-refractivity contribution in [2.45, 2.75) is 26.5 Å². The number of methoxy groups -OCH3 is 1. The normalized spacial score (nSPS) is 10.5. The molecular weight excluding hydrogens is 290 g/mol. The Morgan fingerprint density at radius 2 is 1.57 bits per heavy atom. The van der Waals surface area contributed by atoms with Gasteiger partial charge in [-0.3, -0.25) is 4.79 Å². The van der Waals surface area contributed by atoms with Gasteiger partial charge in [-0.25, -0.2) is 0 Å². The highest BCUT2D eigenvalue weighted by Gasteiger charge is 2.12. The number of hydrogen-bond donors (Lipinski definition) is 0. The third-order valence-corrected chi connectivity index (χ3v) is 3.40. The molecule has 4 nitrogen and oxygen atoms in total. The molecule has 0 aliphatic rings. The molecule has 0 atom stereocenters. The summed E-state index contributed by atoms with van der Waals surface area (Å²) in [4.78, 5) is 14.2. The Kier molecular flexibility index (Phi) is 5.63. The third kappa shape index (κ3) is 4.74. The maximum absolute atomic E-state index is 12.5. The van der Waals surface area contributed by atoms with E-state index in [2.05, 4.69) is 0 Å². The maximum atomic E-state index is 12.5. The summed E-state index contributed by atoms with van der Waals surface area (Å²) in [5.41, 5.74) is 1.71. The first-order chi connectivity index (χ1) is 11.0. The monoisotopic (exact) mass is 313 g/mol. The standard InChI is InChI=1S/C19H23NO3/c1-14(2)23-18-11-7-16(8-12-18)19(21)20(3)13-15-5-9-17(22-4)10-6-15/h5-12,14H,13H2,1-4H3. The van der Waals surface area contributed by atoms with Crippen molar-refractivity contribution in [2.75, 3.05) is 14.2 Å². The fourth-order valence-electron chi connectivity index (χ4n) is 2.25. The van der Waals surface area contributed by atoms with Crippen LogP contribution >= 0.6 is 0 Å². The highest BCUT2D eigenvalue weighted by molar-refractivity contribution is 5.94. The second kappa shape index (κ2) is 7.68. The Labute approximate surface area is 137 Å². The molecule has 0 aliphatic carbocycles. The van der Waals surface area contributed by atoms with E-state index in [-0.39, 0.29) is 12.0 Å². The van der Waals surface area contributed by atoms with Crippen molar-refractivity contribution in [3.05, 3.63) is 59.7 Å². The molecule has 4 heteroatoms. The van der Waals surface area contributed by atoms with E-state index in [1.165, 1.54) is 0 Å². The molecule has 1 amide bonds. The number of benzene rings is 2. The van der Waals surface area contributed by atoms with E-state index < -0.39 is 0 Å². The first-order valence-corrected chi connectivity index (χ1v) is 7.64. The molecule has 0 radical (unpaired) electrons. The Bertz CT molecular complexity index is 633. The van der Waals surface area contributed by atoms with Crippen LogP contribution in [0.5, 0.6) is 11.5 Å². The quantitative estimate of drug-likeness (QED) is 0.815. The SMILES string of the molecule is COc1ccc(CN(C)C(=O)c2ccc(OC(C)C)cc2)cc1. The fourth-order valence-corrected chi connectivity index (χ4v) is 2.25. The lowest BCUT2D eigenvalue weighted by Gasteiger charge is -2.18. The van der Waals surface area contributed by atoms with Gasteiger partial charge >= 0.3 is 0 Å². The van der Waals surface area contributed by atoms with Gasteiger partial charge in [-0.1, -0.05) is 12.1 Å². The van der Waals surface area contributed by atoms with E-state index in [0.717, 1.165) is 17.1 Å². The topological polar surface area (TPSA) is 38.8 Å². The number of hydrogen-bond acceptors (Lipinski definition) is 3. The van der Waals surface area contributed by atoms with Crippen LogP contribution in [0.3, 0.4) is 0 Å². The van der Waals surface area contributed by atoms with E-state index in [4.69, 9.17) is 9.47 Å². The predicted octanol–water partition coefficient (Wildman–Crippen LogP) is 3.75. The molecule has 0 heterocycles. The molecule has 23 heavy (non-hydrogen) atoms. The molecule has 0 N–H and O–H groups in total. The van der Waals surface area contributed by atoms with Crippen LogP contribution in [-0.2, 0) is 6.54 Å². The fraction of sp³-hybridized carbons (Fsp3) is 0.316. The van der Waals surface area contributed by atoms with Gasteiger partial charge in [0.05, 0.1) is 13.2 Å². The molecule has 0 saturated carbocycles. The number of carbonyl (C=O) groups excluding carboxylic acids is 1. The molecule has 0 unspecified atom stereocenters. The molecule has 0 aromatic heterocycles. The highest BCUT2D eigenvalue weighted by atomic mass is 16.5. The smallest absolute Gasteiger partial charge is 0.253 e. The molecule has 0 spiro atoms. The number of amides is 1. The van der Waals surface area contributed by atoms with Crippen molar-refractivity contribution >= 4 is 5.91 Å². The third-order valence-electron chi connectivity index (χ3n) is 3.40. The molecule has 2 rings (SSSR count). The van der Waals surface area contributed by atoms with Gasteiger partial charge in [0.2, 0.25) is 0 Å². The van der Waals surface area contributed by atoms with Gasteiger partial charge in [0.25, 0.3) is 5.91 Å². The van der Waals surface area contributed by atoms with Gasteiger partial charge in [-0.05, 0) is 55.8 Å². The summed E-state index contributed by atoms with van der Waals surface area (Å²) in [5, 5.41) is 0. The second-order valence-electron chi connectivity index (χ2n) is 5.70. The van der Waals surface area contributed by atoms with Crippen LogP contribution in [0.25, 0.3) is 0 Å². The Morgan fingerprint density at radius 1 is 1.00 bits per heavy atom. The van der Waals surface area contributed by atoms with Crippen LogP contribution < -0.4 is 9.47 Å². The van der Waals surface area contributed by atoms with E-state index in [1.54, 1.807) is 31.2 Å². The zero-order valence-electron chi connectivity index (χ0n) is 14.1. The average Bonchev–Trinajstić information content (AvgIpc) is 2.55. The first-order valence-electron chi connectivity index (χ1n) is 7.64. The Balaban J connectivity index is 2.00. The van der Waals surface area contributed by atoms with E-state index in [1.807, 2.05) is 50.2 Å². The van der Waals surface area contributed by atoms with Gasteiger partial charge in [-0.15, -0.1) is 0 Å². The Morgan fingerprint density at radius 3 is 2.09 bits per heavy atom. The molecule has 2 aromatic carbocycles. The minimum atomic E-state index is -0.0167.